The van der Waals surface area contributed by atoms with Gasteiger partial charge in [0.05, 0.1) is 13.2 Å². The average Bonchev–Trinajstić information content (AvgIpc) is 2.34. The number of hydrogen-bond acceptors (Lipinski definition) is 4. The zero-order valence-electron chi connectivity index (χ0n) is 11.4. The van der Waals surface area contributed by atoms with Gasteiger partial charge in [0.2, 0.25) is 0 Å². The molecule has 0 spiro atoms. The van der Waals surface area contributed by atoms with Crippen molar-refractivity contribution in [3.63, 3.8) is 0 Å². The van der Waals surface area contributed by atoms with Crippen molar-refractivity contribution in [3.8, 4) is 0 Å². The minimum atomic E-state index is -0.536. The molecule has 0 amide bonds. The number of rotatable bonds is 4. The van der Waals surface area contributed by atoms with Gasteiger partial charge in [-0.1, -0.05) is 29.3 Å². The molecule has 19 heavy (non-hydrogen) atoms. The minimum absolute atomic E-state index is 0.290. The SMILES string of the molecule is CCOC(=O)CC(=O)OCC.Cc1ccc(Cl)cc1. The average molecular weight is 287 g/mol. The second kappa shape index (κ2) is 10.4. The third kappa shape index (κ3) is 10.1. The van der Waals surface area contributed by atoms with Crippen molar-refractivity contribution < 1.29 is 19.1 Å². The Bertz CT molecular complexity index is 350. The van der Waals surface area contributed by atoms with Crippen LogP contribution in [0.2, 0.25) is 5.02 Å². The first-order chi connectivity index (χ1) is 8.99. The third-order valence-corrected chi connectivity index (χ3v) is 2.16. The number of esters is 2. The number of benzene rings is 1. The maximum atomic E-state index is 10.6. The van der Waals surface area contributed by atoms with Gasteiger partial charge in [0.25, 0.3) is 0 Å². The number of ether oxygens (including phenoxy) is 2. The van der Waals surface area contributed by atoms with Crippen LogP contribution in [0.3, 0.4) is 0 Å². The second-order valence-electron chi connectivity index (χ2n) is 3.58. The lowest BCUT2D eigenvalue weighted by molar-refractivity contribution is -0.153. The van der Waals surface area contributed by atoms with E-state index in [0.29, 0.717) is 0 Å². The summed E-state index contributed by atoms with van der Waals surface area (Å²) in [4.78, 5) is 21.2. The van der Waals surface area contributed by atoms with Gasteiger partial charge in [-0.05, 0) is 32.9 Å². The molecule has 0 unspecified atom stereocenters. The van der Waals surface area contributed by atoms with E-state index in [1.165, 1.54) is 5.56 Å². The van der Waals surface area contributed by atoms with E-state index in [1.807, 2.05) is 31.2 Å². The standard InChI is InChI=1S/C7H7Cl.C7H12O4/c1-6-2-4-7(8)5-3-6;1-3-10-6(8)5-7(9)11-4-2/h2-5H,1H3;3-5H2,1-2H3. The Morgan fingerprint density at radius 1 is 1.00 bits per heavy atom. The van der Waals surface area contributed by atoms with Gasteiger partial charge in [0, 0.05) is 5.02 Å². The van der Waals surface area contributed by atoms with Gasteiger partial charge in [-0.3, -0.25) is 9.59 Å². The molecule has 0 N–H and O–H groups in total. The van der Waals surface area contributed by atoms with Gasteiger partial charge in [-0.25, -0.2) is 0 Å². The molecule has 0 aromatic heterocycles. The first-order valence-corrected chi connectivity index (χ1v) is 6.40. The monoisotopic (exact) mass is 286 g/mol. The summed E-state index contributed by atoms with van der Waals surface area (Å²) in [6.45, 7) is 5.99. The highest BCUT2D eigenvalue weighted by Crippen LogP contribution is 2.07. The van der Waals surface area contributed by atoms with Crippen molar-refractivity contribution in [2.24, 2.45) is 0 Å². The minimum Gasteiger partial charge on any atom is -0.466 e. The van der Waals surface area contributed by atoms with Gasteiger partial charge < -0.3 is 9.47 Å². The van der Waals surface area contributed by atoms with Gasteiger partial charge in [-0.15, -0.1) is 0 Å². The molecule has 0 aliphatic rings. The highest BCUT2D eigenvalue weighted by atomic mass is 35.5. The number of aryl methyl sites for hydroxylation is 1. The molecule has 4 nitrogen and oxygen atoms in total. The largest absolute Gasteiger partial charge is 0.466 e. The highest BCUT2D eigenvalue weighted by Gasteiger charge is 2.09. The van der Waals surface area contributed by atoms with Crippen LogP contribution < -0.4 is 0 Å². The van der Waals surface area contributed by atoms with E-state index in [2.05, 4.69) is 9.47 Å². The number of halogens is 1. The zero-order chi connectivity index (χ0) is 14.7. The van der Waals surface area contributed by atoms with Crippen LogP contribution in [0, 0.1) is 6.92 Å². The molecule has 0 aliphatic heterocycles. The lowest BCUT2D eigenvalue weighted by Crippen LogP contribution is -2.13. The molecular weight excluding hydrogens is 268 g/mol. The summed E-state index contributed by atoms with van der Waals surface area (Å²) < 4.78 is 9.04. The lowest BCUT2D eigenvalue weighted by atomic mass is 10.2. The van der Waals surface area contributed by atoms with E-state index in [1.54, 1.807) is 13.8 Å². The topological polar surface area (TPSA) is 52.6 Å². The number of carbonyl (C=O) groups excluding carboxylic acids is 2. The predicted octanol–water partition coefficient (Wildman–Crippen LogP) is 3.15. The zero-order valence-corrected chi connectivity index (χ0v) is 12.2. The molecule has 0 radical (unpaired) electrons. The molecule has 5 heteroatoms. The summed E-state index contributed by atoms with van der Waals surface area (Å²) in [5, 5.41) is 0.801. The summed E-state index contributed by atoms with van der Waals surface area (Å²) in [6, 6.07) is 7.75. The molecule has 0 saturated heterocycles. The molecular formula is C14H19ClO4. The number of hydrogen-bond donors (Lipinski definition) is 0. The fraction of sp³-hybridized carbons (Fsp3) is 0.429. The number of carbonyl (C=O) groups is 2. The molecule has 0 heterocycles. The van der Waals surface area contributed by atoms with E-state index < -0.39 is 11.9 Å². The fourth-order valence-electron chi connectivity index (χ4n) is 1.08. The van der Waals surface area contributed by atoms with E-state index in [0.717, 1.165) is 5.02 Å². The maximum absolute atomic E-state index is 10.6. The first kappa shape index (κ1) is 17.4. The van der Waals surface area contributed by atoms with Gasteiger partial charge >= 0.3 is 11.9 Å². The molecule has 0 atom stereocenters. The Morgan fingerprint density at radius 2 is 1.42 bits per heavy atom. The molecule has 1 aromatic carbocycles. The summed E-state index contributed by atoms with van der Waals surface area (Å²) in [6.07, 6.45) is -0.290. The molecule has 1 rings (SSSR count). The molecule has 0 saturated carbocycles. The van der Waals surface area contributed by atoms with E-state index in [4.69, 9.17) is 11.6 Å². The van der Waals surface area contributed by atoms with Crippen molar-refractivity contribution in [1.82, 2.24) is 0 Å². The second-order valence-corrected chi connectivity index (χ2v) is 4.02. The maximum Gasteiger partial charge on any atom is 0.317 e. The van der Waals surface area contributed by atoms with Crippen molar-refractivity contribution in [2.75, 3.05) is 13.2 Å². The van der Waals surface area contributed by atoms with E-state index >= 15 is 0 Å². The van der Waals surface area contributed by atoms with Crippen LogP contribution in [0.15, 0.2) is 24.3 Å². The fourth-order valence-corrected chi connectivity index (χ4v) is 1.20. The van der Waals surface area contributed by atoms with Crippen molar-refractivity contribution in [1.29, 1.82) is 0 Å². The molecule has 1 aromatic rings. The smallest absolute Gasteiger partial charge is 0.317 e. The Labute approximate surface area is 118 Å². The van der Waals surface area contributed by atoms with Crippen molar-refractivity contribution >= 4 is 23.5 Å². The van der Waals surface area contributed by atoms with Crippen LogP contribution in [0.1, 0.15) is 25.8 Å². The highest BCUT2D eigenvalue weighted by molar-refractivity contribution is 6.30. The van der Waals surface area contributed by atoms with Gasteiger partial charge in [0.15, 0.2) is 0 Å². The van der Waals surface area contributed by atoms with Crippen LogP contribution in [0.25, 0.3) is 0 Å². The lowest BCUT2D eigenvalue weighted by Gasteiger charge is -2.00. The summed E-state index contributed by atoms with van der Waals surface area (Å²) in [5.74, 6) is -1.07. The molecule has 0 fully saturated rings. The molecule has 106 valence electrons. The predicted molar refractivity (Wildman–Crippen MR) is 74.1 cm³/mol. The summed E-state index contributed by atoms with van der Waals surface area (Å²) >= 11 is 5.61. The Hall–Kier alpha value is -1.55. The summed E-state index contributed by atoms with van der Waals surface area (Å²) in [5.41, 5.74) is 1.24. The van der Waals surface area contributed by atoms with E-state index in [9.17, 15) is 9.59 Å². The van der Waals surface area contributed by atoms with Crippen molar-refractivity contribution in [3.05, 3.63) is 34.9 Å². The van der Waals surface area contributed by atoms with Crippen LogP contribution >= 0.6 is 11.6 Å². The normalized spacial score (nSPS) is 9.05. The van der Waals surface area contributed by atoms with Crippen LogP contribution in [-0.2, 0) is 19.1 Å². The third-order valence-electron chi connectivity index (χ3n) is 1.91. The van der Waals surface area contributed by atoms with Crippen LogP contribution in [-0.4, -0.2) is 25.2 Å². The Morgan fingerprint density at radius 3 is 1.74 bits per heavy atom. The van der Waals surface area contributed by atoms with Crippen LogP contribution in [0.5, 0.6) is 0 Å². The van der Waals surface area contributed by atoms with Crippen LogP contribution in [0.4, 0.5) is 0 Å². The Kier molecular flexibility index (Phi) is 9.53. The van der Waals surface area contributed by atoms with Gasteiger partial charge in [-0.2, -0.15) is 0 Å². The van der Waals surface area contributed by atoms with E-state index in [-0.39, 0.29) is 19.6 Å². The molecule has 0 bridgehead atoms. The molecule has 0 aliphatic carbocycles. The van der Waals surface area contributed by atoms with Gasteiger partial charge in [0.1, 0.15) is 6.42 Å². The quantitative estimate of drug-likeness (QED) is 0.630. The summed E-state index contributed by atoms with van der Waals surface area (Å²) in [7, 11) is 0. The first-order valence-electron chi connectivity index (χ1n) is 6.03. The Balaban J connectivity index is 0.000000356. The van der Waals surface area contributed by atoms with Crippen molar-refractivity contribution in [2.45, 2.75) is 27.2 Å².